The van der Waals surface area contributed by atoms with Crippen LogP contribution in [0.25, 0.3) is 0 Å². The summed E-state index contributed by atoms with van der Waals surface area (Å²) in [7, 11) is 0. The number of hydrogen-bond acceptors (Lipinski definition) is 2. The molecule has 3 heteroatoms. The molecule has 1 aliphatic heterocycles. The molecule has 82 valence electrons. The fourth-order valence-corrected chi connectivity index (χ4v) is 1.71. The molecule has 0 aliphatic carbocycles. The quantitative estimate of drug-likeness (QED) is 0.765. The number of benzene rings is 1. The van der Waals surface area contributed by atoms with Gasteiger partial charge in [-0.3, -0.25) is 0 Å². The van der Waals surface area contributed by atoms with Crippen LogP contribution in [0.1, 0.15) is 24.2 Å². The van der Waals surface area contributed by atoms with Gasteiger partial charge in [-0.2, -0.15) is 0 Å². The second-order valence-electron chi connectivity index (χ2n) is 4.14. The number of aryl methyl sites for hydroxylation is 1. The molecule has 2 nitrogen and oxygen atoms in total. The van der Waals surface area contributed by atoms with Crippen molar-refractivity contribution in [3.63, 3.8) is 0 Å². The van der Waals surface area contributed by atoms with E-state index in [4.69, 9.17) is 4.74 Å². The number of morpholine rings is 1. The first kappa shape index (κ1) is 10.6. The van der Waals surface area contributed by atoms with Gasteiger partial charge < -0.3 is 10.1 Å². The maximum absolute atomic E-state index is 13.3. The van der Waals surface area contributed by atoms with Crippen LogP contribution in [-0.2, 0) is 4.74 Å². The van der Waals surface area contributed by atoms with Crippen molar-refractivity contribution < 1.29 is 9.13 Å². The summed E-state index contributed by atoms with van der Waals surface area (Å²) < 4.78 is 19.0. The van der Waals surface area contributed by atoms with E-state index in [9.17, 15) is 4.39 Å². The lowest BCUT2D eigenvalue weighted by atomic mass is 10.1. The molecule has 1 saturated heterocycles. The molecule has 1 aromatic rings. The van der Waals surface area contributed by atoms with Gasteiger partial charge in [-0.15, -0.1) is 0 Å². The highest BCUT2D eigenvalue weighted by atomic mass is 19.1. The summed E-state index contributed by atoms with van der Waals surface area (Å²) in [5.41, 5.74) is 1.59. The van der Waals surface area contributed by atoms with Crippen molar-refractivity contribution in [2.45, 2.75) is 26.0 Å². The lowest BCUT2D eigenvalue weighted by Gasteiger charge is -2.28. The molecular weight excluding hydrogens is 193 g/mol. The highest BCUT2D eigenvalue weighted by molar-refractivity contribution is 5.25. The van der Waals surface area contributed by atoms with Gasteiger partial charge in [0.15, 0.2) is 0 Å². The summed E-state index contributed by atoms with van der Waals surface area (Å²) >= 11 is 0. The third kappa shape index (κ3) is 2.36. The Morgan fingerprint density at radius 2 is 2.27 bits per heavy atom. The van der Waals surface area contributed by atoms with Gasteiger partial charge in [0.1, 0.15) is 5.82 Å². The number of rotatable bonds is 1. The minimum Gasteiger partial charge on any atom is -0.371 e. The molecule has 1 N–H and O–H groups in total. The van der Waals surface area contributed by atoms with Crippen molar-refractivity contribution in [2.75, 3.05) is 13.2 Å². The molecule has 0 saturated carbocycles. The largest absolute Gasteiger partial charge is 0.371 e. The van der Waals surface area contributed by atoms with Crippen LogP contribution in [0.5, 0.6) is 0 Å². The van der Waals surface area contributed by atoms with E-state index in [1.165, 1.54) is 0 Å². The highest BCUT2D eigenvalue weighted by Crippen LogP contribution is 2.21. The normalized spacial score (nSPS) is 26.6. The SMILES string of the molecule is Cc1ccc(C2CNC(C)CO2)cc1F. The molecule has 0 amide bonds. The van der Waals surface area contributed by atoms with Gasteiger partial charge in [0, 0.05) is 12.6 Å². The van der Waals surface area contributed by atoms with Crippen LogP contribution in [-0.4, -0.2) is 19.2 Å². The van der Waals surface area contributed by atoms with E-state index in [1.54, 1.807) is 19.1 Å². The molecule has 2 atom stereocenters. The number of ether oxygens (including phenoxy) is 1. The van der Waals surface area contributed by atoms with Crippen LogP contribution < -0.4 is 5.32 Å². The van der Waals surface area contributed by atoms with Crippen molar-refractivity contribution in [3.8, 4) is 0 Å². The zero-order chi connectivity index (χ0) is 10.8. The monoisotopic (exact) mass is 209 g/mol. The molecule has 2 rings (SSSR count). The third-order valence-corrected chi connectivity index (χ3v) is 2.77. The molecule has 2 unspecified atom stereocenters. The van der Waals surface area contributed by atoms with Gasteiger partial charge >= 0.3 is 0 Å². The van der Waals surface area contributed by atoms with Crippen LogP contribution in [0.4, 0.5) is 4.39 Å². The predicted molar refractivity (Wildman–Crippen MR) is 57.3 cm³/mol. The van der Waals surface area contributed by atoms with Crippen molar-refractivity contribution >= 4 is 0 Å². The Morgan fingerprint density at radius 1 is 1.47 bits per heavy atom. The second-order valence-corrected chi connectivity index (χ2v) is 4.14. The first-order valence-electron chi connectivity index (χ1n) is 5.28. The van der Waals surface area contributed by atoms with Crippen LogP contribution in [0, 0.1) is 12.7 Å². The third-order valence-electron chi connectivity index (χ3n) is 2.77. The van der Waals surface area contributed by atoms with Gasteiger partial charge in [-0.05, 0) is 31.0 Å². The Hall–Kier alpha value is -0.930. The van der Waals surface area contributed by atoms with Crippen LogP contribution in [0.3, 0.4) is 0 Å². The lowest BCUT2D eigenvalue weighted by Crippen LogP contribution is -2.40. The van der Waals surface area contributed by atoms with Gasteiger partial charge in [0.25, 0.3) is 0 Å². The average molecular weight is 209 g/mol. The van der Waals surface area contributed by atoms with E-state index in [0.29, 0.717) is 18.2 Å². The summed E-state index contributed by atoms with van der Waals surface area (Å²) in [5.74, 6) is -0.158. The molecule has 0 aromatic heterocycles. The number of nitrogens with one attached hydrogen (secondary N) is 1. The standard InChI is InChI=1S/C12H16FNO/c1-8-3-4-10(5-11(8)13)12-6-14-9(2)7-15-12/h3-5,9,12,14H,6-7H2,1-2H3. The van der Waals surface area contributed by atoms with E-state index in [0.717, 1.165) is 12.1 Å². The smallest absolute Gasteiger partial charge is 0.126 e. The first-order chi connectivity index (χ1) is 7.16. The summed E-state index contributed by atoms with van der Waals surface area (Å²) in [6, 6.07) is 5.68. The van der Waals surface area contributed by atoms with Crippen molar-refractivity contribution in [3.05, 3.63) is 35.1 Å². The Kier molecular flexibility index (Phi) is 3.03. The minimum atomic E-state index is -0.158. The van der Waals surface area contributed by atoms with Gasteiger partial charge in [0.05, 0.1) is 12.7 Å². The highest BCUT2D eigenvalue weighted by Gasteiger charge is 2.19. The second kappa shape index (κ2) is 4.29. The molecule has 0 radical (unpaired) electrons. The fourth-order valence-electron chi connectivity index (χ4n) is 1.71. The molecule has 1 fully saturated rings. The minimum absolute atomic E-state index is 0.0173. The van der Waals surface area contributed by atoms with Crippen LogP contribution >= 0.6 is 0 Å². The molecule has 15 heavy (non-hydrogen) atoms. The maximum atomic E-state index is 13.3. The van der Waals surface area contributed by atoms with Gasteiger partial charge in [0.2, 0.25) is 0 Å². The topological polar surface area (TPSA) is 21.3 Å². The zero-order valence-corrected chi connectivity index (χ0v) is 9.09. The van der Waals surface area contributed by atoms with E-state index >= 15 is 0 Å². The average Bonchev–Trinajstić information content (AvgIpc) is 2.23. The van der Waals surface area contributed by atoms with E-state index in [-0.39, 0.29) is 11.9 Å². The summed E-state index contributed by atoms with van der Waals surface area (Å²) in [6.45, 7) is 5.27. The zero-order valence-electron chi connectivity index (χ0n) is 9.09. The molecular formula is C12H16FNO. The predicted octanol–water partition coefficient (Wildman–Crippen LogP) is 2.18. The Labute approximate surface area is 89.4 Å². The number of halogens is 1. The van der Waals surface area contributed by atoms with Crippen LogP contribution in [0.2, 0.25) is 0 Å². The first-order valence-corrected chi connectivity index (χ1v) is 5.28. The maximum Gasteiger partial charge on any atom is 0.126 e. The van der Waals surface area contributed by atoms with E-state index in [2.05, 4.69) is 12.2 Å². The lowest BCUT2D eigenvalue weighted by molar-refractivity contribution is 0.00679. The molecule has 1 aliphatic rings. The van der Waals surface area contributed by atoms with Crippen molar-refractivity contribution in [2.24, 2.45) is 0 Å². The van der Waals surface area contributed by atoms with Gasteiger partial charge in [-0.1, -0.05) is 12.1 Å². The van der Waals surface area contributed by atoms with Crippen LogP contribution in [0.15, 0.2) is 18.2 Å². The van der Waals surface area contributed by atoms with Crippen molar-refractivity contribution in [1.82, 2.24) is 5.32 Å². The molecule has 1 aromatic carbocycles. The van der Waals surface area contributed by atoms with E-state index < -0.39 is 0 Å². The summed E-state index contributed by atoms with van der Waals surface area (Å²) in [6.07, 6.45) is -0.0173. The fraction of sp³-hybridized carbons (Fsp3) is 0.500. The molecule has 0 bridgehead atoms. The Balaban J connectivity index is 2.12. The van der Waals surface area contributed by atoms with Gasteiger partial charge in [-0.25, -0.2) is 4.39 Å². The van der Waals surface area contributed by atoms with E-state index in [1.807, 2.05) is 6.07 Å². The Morgan fingerprint density at radius 3 is 2.87 bits per heavy atom. The summed E-state index contributed by atoms with van der Waals surface area (Å²) in [4.78, 5) is 0. The van der Waals surface area contributed by atoms with Crippen molar-refractivity contribution in [1.29, 1.82) is 0 Å². The number of hydrogen-bond donors (Lipinski definition) is 1. The molecule has 1 heterocycles. The summed E-state index contributed by atoms with van der Waals surface area (Å²) in [5, 5.41) is 3.32. The Bertz CT molecular complexity index is 345. The molecule has 0 spiro atoms.